The molecule has 1 aliphatic carbocycles. The monoisotopic (exact) mass is 888 g/mol. The van der Waals surface area contributed by atoms with E-state index >= 15 is 8.78 Å². The standard InChI is InChI=1S/C45H36Cl2F2N10O4/c1-3-50-44(60)55-29-8-10-38(42(48)40(29)46)62-37-13-15-52-33-17-25(5-7-28(33)37)35-21-59(23-54-35)19-26-18-31(26)57-45(61)56-30-9-11-39(43(49)41(30)47)63-36-12-14-51-32-16-24(4-6-27(32)36)34-20-58(2)22-53-34/h4-17,20-23,26,31H,3,18-19H2,1-2H3,(H2,50,55,60)(H2,56,57,61). The average Bonchev–Trinajstić information content (AvgIpc) is 3.57. The summed E-state index contributed by atoms with van der Waals surface area (Å²) >= 11 is 12.6. The fourth-order valence-corrected chi connectivity index (χ4v) is 7.52. The number of halogens is 4. The smallest absolute Gasteiger partial charge is 0.319 e. The van der Waals surface area contributed by atoms with Crippen LogP contribution in [0.3, 0.4) is 0 Å². The lowest BCUT2D eigenvalue weighted by atomic mass is 10.1. The Kier molecular flexibility index (Phi) is 11.2. The molecule has 4 aromatic carbocycles. The molecule has 318 valence electrons. The lowest BCUT2D eigenvalue weighted by Gasteiger charge is -2.13. The van der Waals surface area contributed by atoms with E-state index in [1.807, 2.05) is 65.0 Å². The largest absolute Gasteiger partial charge is 0.453 e. The third kappa shape index (κ3) is 8.76. The van der Waals surface area contributed by atoms with Gasteiger partial charge in [0.25, 0.3) is 0 Å². The Labute approximate surface area is 368 Å². The summed E-state index contributed by atoms with van der Waals surface area (Å²) in [6.45, 7) is 2.76. The number of anilines is 2. The Morgan fingerprint density at radius 1 is 0.714 bits per heavy atom. The summed E-state index contributed by atoms with van der Waals surface area (Å²) in [7, 11) is 1.89. The maximum absolute atomic E-state index is 15.5. The van der Waals surface area contributed by atoms with Crippen molar-refractivity contribution < 1.29 is 27.8 Å². The van der Waals surface area contributed by atoms with Crippen LogP contribution in [0.15, 0.2) is 110 Å². The highest BCUT2D eigenvalue weighted by atomic mass is 35.5. The van der Waals surface area contributed by atoms with Crippen LogP contribution in [-0.4, -0.2) is 53.7 Å². The number of fused-ring (bicyclic) bond motifs is 2. The molecule has 2 atom stereocenters. The number of aryl methyl sites for hydroxylation is 1. The summed E-state index contributed by atoms with van der Waals surface area (Å²) in [5.41, 5.74) is 4.63. The van der Waals surface area contributed by atoms with E-state index in [9.17, 15) is 9.59 Å². The second kappa shape index (κ2) is 17.2. The first-order valence-electron chi connectivity index (χ1n) is 19.7. The topological polar surface area (TPSA) is 162 Å². The van der Waals surface area contributed by atoms with E-state index in [2.05, 4.69) is 41.2 Å². The van der Waals surface area contributed by atoms with Crippen LogP contribution in [-0.2, 0) is 13.6 Å². The Balaban J connectivity index is 0.796. The SMILES string of the molecule is CCNC(=O)Nc1ccc(Oc2ccnc3cc(-c4cn(CC5CC5NC(=O)Nc5ccc(Oc6ccnc7cc(-c8cn(C)cn8)ccc67)c(F)c5Cl)cn4)ccc23)c(F)c1Cl. The summed E-state index contributed by atoms with van der Waals surface area (Å²) in [6.07, 6.45) is 11.1. The van der Waals surface area contributed by atoms with E-state index in [0.29, 0.717) is 52.1 Å². The Hall–Kier alpha value is -7.30. The predicted octanol–water partition coefficient (Wildman–Crippen LogP) is 10.6. The number of ether oxygens (including phenoxy) is 2. The fraction of sp³-hybridized carbons (Fsp3) is 0.156. The van der Waals surface area contributed by atoms with Crippen molar-refractivity contribution in [1.29, 1.82) is 0 Å². The summed E-state index contributed by atoms with van der Waals surface area (Å²) < 4.78 is 46.5. The molecule has 4 N–H and O–H groups in total. The fourth-order valence-electron chi connectivity index (χ4n) is 7.11. The van der Waals surface area contributed by atoms with Crippen molar-refractivity contribution in [2.45, 2.75) is 25.9 Å². The zero-order valence-electron chi connectivity index (χ0n) is 33.5. The van der Waals surface area contributed by atoms with Crippen molar-refractivity contribution in [2.75, 3.05) is 17.2 Å². The lowest BCUT2D eigenvalue weighted by Crippen LogP contribution is -2.32. The number of imidazole rings is 2. The van der Waals surface area contributed by atoms with Gasteiger partial charge in [-0.15, -0.1) is 0 Å². The molecule has 18 heteroatoms. The number of nitrogens with one attached hydrogen (secondary N) is 4. The maximum atomic E-state index is 15.5. The van der Waals surface area contributed by atoms with Gasteiger partial charge in [0.15, 0.2) is 23.1 Å². The van der Waals surface area contributed by atoms with Crippen LogP contribution in [0, 0.1) is 17.6 Å². The molecule has 14 nitrogen and oxygen atoms in total. The summed E-state index contributed by atoms with van der Waals surface area (Å²) in [4.78, 5) is 42.8. The molecule has 1 saturated carbocycles. The number of urea groups is 2. The van der Waals surface area contributed by atoms with Crippen molar-refractivity contribution in [2.24, 2.45) is 13.0 Å². The highest BCUT2D eigenvalue weighted by Gasteiger charge is 2.38. The average molecular weight is 890 g/mol. The molecule has 0 spiro atoms. The highest BCUT2D eigenvalue weighted by Crippen LogP contribution is 2.39. The van der Waals surface area contributed by atoms with Crippen molar-refractivity contribution in [3.63, 3.8) is 0 Å². The zero-order valence-corrected chi connectivity index (χ0v) is 35.0. The van der Waals surface area contributed by atoms with E-state index in [1.165, 1.54) is 24.3 Å². The first kappa shape index (κ1) is 41.1. The van der Waals surface area contributed by atoms with Gasteiger partial charge in [-0.1, -0.05) is 35.3 Å². The number of carbonyl (C=O) groups excluding carboxylic acids is 2. The molecule has 9 rings (SSSR count). The van der Waals surface area contributed by atoms with Crippen molar-refractivity contribution in [3.8, 4) is 45.5 Å². The molecule has 1 fully saturated rings. The molecule has 63 heavy (non-hydrogen) atoms. The van der Waals surface area contributed by atoms with Gasteiger partial charge in [-0.25, -0.2) is 28.3 Å². The van der Waals surface area contributed by atoms with E-state index in [4.69, 9.17) is 32.7 Å². The van der Waals surface area contributed by atoms with E-state index in [1.54, 1.807) is 44.1 Å². The van der Waals surface area contributed by atoms with E-state index in [-0.39, 0.29) is 44.9 Å². The lowest BCUT2D eigenvalue weighted by molar-refractivity contribution is 0.250. The van der Waals surface area contributed by atoms with Crippen LogP contribution in [0.25, 0.3) is 44.3 Å². The van der Waals surface area contributed by atoms with Crippen LogP contribution in [0.4, 0.5) is 29.7 Å². The van der Waals surface area contributed by atoms with Gasteiger partial charge in [0.05, 0.1) is 46.5 Å². The van der Waals surface area contributed by atoms with Crippen molar-refractivity contribution in [1.82, 2.24) is 39.7 Å². The maximum Gasteiger partial charge on any atom is 0.319 e. The molecule has 0 aliphatic heterocycles. The molecule has 4 aromatic heterocycles. The number of rotatable bonds is 12. The number of amides is 4. The van der Waals surface area contributed by atoms with Gasteiger partial charge >= 0.3 is 12.1 Å². The molecule has 4 amide bonds. The van der Waals surface area contributed by atoms with Gasteiger partial charge in [-0.2, -0.15) is 0 Å². The normalized spacial score (nSPS) is 14.4. The van der Waals surface area contributed by atoms with Crippen LogP contribution in [0.5, 0.6) is 23.0 Å². The summed E-state index contributed by atoms with van der Waals surface area (Å²) in [6, 6.07) is 19.0. The van der Waals surface area contributed by atoms with Crippen LogP contribution in [0.2, 0.25) is 10.0 Å². The summed E-state index contributed by atoms with van der Waals surface area (Å²) in [5, 5.41) is 11.4. The first-order chi connectivity index (χ1) is 30.5. The minimum absolute atomic E-state index is 0.0937. The number of carbonyl (C=O) groups is 2. The van der Waals surface area contributed by atoms with Crippen LogP contribution < -0.4 is 30.7 Å². The second-order valence-electron chi connectivity index (χ2n) is 14.8. The zero-order chi connectivity index (χ0) is 43.8. The number of aromatic nitrogens is 6. The minimum atomic E-state index is -0.823. The first-order valence-corrected chi connectivity index (χ1v) is 20.5. The molecule has 4 heterocycles. The Morgan fingerprint density at radius 2 is 1.27 bits per heavy atom. The molecular weight excluding hydrogens is 853 g/mol. The molecular formula is C45H36Cl2F2N10O4. The molecule has 8 aromatic rings. The molecule has 1 aliphatic rings. The van der Waals surface area contributed by atoms with Gasteiger partial charge in [0, 0.05) is 72.9 Å². The van der Waals surface area contributed by atoms with Gasteiger partial charge in [0.1, 0.15) is 21.5 Å². The van der Waals surface area contributed by atoms with E-state index < -0.39 is 23.7 Å². The molecule has 0 saturated heterocycles. The molecule has 2 unspecified atom stereocenters. The number of benzene rings is 4. The number of nitrogens with zero attached hydrogens (tertiary/aromatic N) is 6. The quantitative estimate of drug-likeness (QED) is 0.0942. The number of hydrogen-bond donors (Lipinski definition) is 4. The minimum Gasteiger partial charge on any atom is -0.453 e. The van der Waals surface area contributed by atoms with Crippen molar-refractivity contribution >= 4 is 68.4 Å². The summed E-state index contributed by atoms with van der Waals surface area (Å²) in [5.74, 6) is -0.985. The van der Waals surface area contributed by atoms with E-state index in [0.717, 1.165) is 23.2 Å². The Morgan fingerprint density at radius 3 is 1.83 bits per heavy atom. The van der Waals surface area contributed by atoms with Gasteiger partial charge in [0.2, 0.25) is 0 Å². The highest BCUT2D eigenvalue weighted by molar-refractivity contribution is 6.34. The third-order valence-corrected chi connectivity index (χ3v) is 11.1. The van der Waals surface area contributed by atoms with Crippen LogP contribution >= 0.6 is 23.2 Å². The van der Waals surface area contributed by atoms with Crippen molar-refractivity contribution in [3.05, 3.63) is 132 Å². The van der Waals surface area contributed by atoms with Gasteiger partial charge < -0.3 is 39.9 Å². The third-order valence-electron chi connectivity index (χ3n) is 10.4. The second-order valence-corrected chi connectivity index (χ2v) is 15.6. The number of hydrogen-bond acceptors (Lipinski definition) is 8. The van der Waals surface area contributed by atoms with Crippen LogP contribution in [0.1, 0.15) is 13.3 Å². The van der Waals surface area contributed by atoms with Gasteiger partial charge in [-0.3, -0.25) is 9.97 Å². The van der Waals surface area contributed by atoms with Gasteiger partial charge in [-0.05, 0) is 79.9 Å². The Bertz CT molecular complexity index is 3070. The number of pyridine rings is 2. The molecule has 0 bridgehead atoms. The predicted molar refractivity (Wildman–Crippen MR) is 237 cm³/mol. The molecule has 0 radical (unpaired) electrons.